The number of carbonyl (C=O) groups is 1. The number of phosphoric ester groups is 1. The van der Waals surface area contributed by atoms with Gasteiger partial charge in [-0.25, -0.2) is 9.36 Å². The Hall–Kier alpha value is -1.54. The molecule has 2 aromatic carbocycles. The highest BCUT2D eigenvalue weighted by atomic mass is 79.9. The molecule has 0 radical (unpaired) electrons. The van der Waals surface area contributed by atoms with Crippen LogP contribution in [0.2, 0.25) is 0 Å². The molecule has 2 rings (SSSR count). The van der Waals surface area contributed by atoms with Crippen LogP contribution in [0.3, 0.4) is 0 Å². The molecule has 0 heterocycles. The SMILES string of the molecule is CCOC(=O)[C@](O)(Cc1ccccc1)[C@H](OP(=O)(OC)OC)c1ccc(Br)cc1. The molecule has 7 nitrogen and oxygen atoms in total. The van der Waals surface area contributed by atoms with Gasteiger partial charge in [-0.2, -0.15) is 0 Å². The number of hydrogen-bond acceptors (Lipinski definition) is 7. The average molecular weight is 487 g/mol. The van der Waals surface area contributed by atoms with Gasteiger partial charge in [0, 0.05) is 25.1 Å². The van der Waals surface area contributed by atoms with E-state index in [-0.39, 0.29) is 13.0 Å². The summed E-state index contributed by atoms with van der Waals surface area (Å²) >= 11 is 3.34. The van der Waals surface area contributed by atoms with Gasteiger partial charge in [-0.3, -0.25) is 13.6 Å². The van der Waals surface area contributed by atoms with E-state index in [0.717, 1.165) is 18.7 Å². The molecule has 0 spiro atoms. The number of phosphoric acid groups is 1. The largest absolute Gasteiger partial charge is 0.474 e. The summed E-state index contributed by atoms with van der Waals surface area (Å²) in [7, 11) is -1.74. The van der Waals surface area contributed by atoms with E-state index in [1.165, 1.54) is 0 Å². The number of rotatable bonds is 10. The van der Waals surface area contributed by atoms with E-state index < -0.39 is 25.5 Å². The first-order valence-electron chi connectivity index (χ1n) is 8.87. The molecule has 29 heavy (non-hydrogen) atoms. The van der Waals surface area contributed by atoms with E-state index in [1.54, 1.807) is 55.5 Å². The van der Waals surface area contributed by atoms with E-state index in [0.29, 0.717) is 11.1 Å². The number of hydrogen-bond donors (Lipinski definition) is 1. The summed E-state index contributed by atoms with van der Waals surface area (Å²) in [6, 6.07) is 15.6. The number of ether oxygens (including phenoxy) is 1. The van der Waals surface area contributed by atoms with Crippen molar-refractivity contribution in [3.05, 3.63) is 70.2 Å². The van der Waals surface area contributed by atoms with Crippen LogP contribution in [0.4, 0.5) is 0 Å². The Morgan fingerprint density at radius 1 is 1.10 bits per heavy atom. The van der Waals surface area contributed by atoms with Crippen molar-refractivity contribution in [2.75, 3.05) is 20.8 Å². The molecule has 0 bridgehead atoms. The van der Waals surface area contributed by atoms with Gasteiger partial charge >= 0.3 is 13.8 Å². The molecule has 0 unspecified atom stereocenters. The van der Waals surface area contributed by atoms with E-state index in [4.69, 9.17) is 18.3 Å². The highest BCUT2D eigenvalue weighted by Crippen LogP contribution is 2.54. The first-order valence-corrected chi connectivity index (χ1v) is 11.1. The zero-order chi connectivity index (χ0) is 21.5. The molecule has 0 amide bonds. The Balaban J connectivity index is 2.59. The fourth-order valence-electron chi connectivity index (χ4n) is 2.79. The van der Waals surface area contributed by atoms with Crippen molar-refractivity contribution < 1.29 is 32.8 Å². The summed E-state index contributed by atoms with van der Waals surface area (Å²) in [6.07, 6.45) is -1.53. The van der Waals surface area contributed by atoms with Gasteiger partial charge in [-0.15, -0.1) is 0 Å². The van der Waals surface area contributed by atoms with Gasteiger partial charge in [0.25, 0.3) is 0 Å². The average Bonchev–Trinajstić information content (AvgIpc) is 2.73. The molecule has 0 aliphatic carbocycles. The van der Waals surface area contributed by atoms with Crippen LogP contribution in [-0.2, 0) is 34.1 Å². The molecule has 2 aromatic rings. The minimum absolute atomic E-state index is 0.0508. The highest BCUT2D eigenvalue weighted by molar-refractivity contribution is 9.10. The monoisotopic (exact) mass is 486 g/mol. The van der Waals surface area contributed by atoms with Crippen molar-refractivity contribution >= 4 is 29.7 Å². The van der Waals surface area contributed by atoms with E-state index in [2.05, 4.69) is 15.9 Å². The molecule has 1 N–H and O–H groups in total. The molecule has 0 aromatic heterocycles. The second kappa shape index (κ2) is 10.5. The standard InChI is InChI=1S/C20H24BrO7P/c1-4-27-19(22)20(23,14-15-8-6-5-7-9-15)18(28-29(24,25-2)26-3)16-10-12-17(21)13-11-16/h5-13,18,23H,4,14H2,1-3H3/t18-,20+/m1/s1. The third kappa shape index (κ3) is 5.98. The zero-order valence-electron chi connectivity index (χ0n) is 16.4. The van der Waals surface area contributed by atoms with Crippen LogP contribution in [0.15, 0.2) is 59.1 Å². The molecule has 0 aliphatic heterocycles. The Morgan fingerprint density at radius 3 is 2.21 bits per heavy atom. The maximum absolute atomic E-state index is 12.9. The highest BCUT2D eigenvalue weighted by Gasteiger charge is 2.50. The zero-order valence-corrected chi connectivity index (χ0v) is 18.9. The summed E-state index contributed by atoms with van der Waals surface area (Å²) in [6.45, 7) is 1.68. The molecule has 2 atom stereocenters. The normalized spacial score (nSPS) is 14.8. The van der Waals surface area contributed by atoms with Gasteiger partial charge < -0.3 is 9.84 Å². The molecular weight excluding hydrogens is 463 g/mol. The molecular formula is C20H24BrO7P. The summed E-state index contributed by atoms with van der Waals surface area (Å²) in [5, 5.41) is 11.6. The van der Waals surface area contributed by atoms with Gasteiger partial charge in [-0.1, -0.05) is 58.4 Å². The number of carbonyl (C=O) groups excluding carboxylic acids is 1. The van der Waals surface area contributed by atoms with Crippen molar-refractivity contribution in [3.8, 4) is 0 Å². The lowest BCUT2D eigenvalue weighted by Crippen LogP contribution is -2.48. The smallest absolute Gasteiger partial charge is 0.464 e. The van der Waals surface area contributed by atoms with Crippen LogP contribution in [0.1, 0.15) is 24.2 Å². The second-order valence-electron chi connectivity index (χ2n) is 6.16. The third-order valence-corrected chi connectivity index (χ3v) is 6.13. The van der Waals surface area contributed by atoms with Crippen molar-refractivity contribution in [2.24, 2.45) is 0 Å². The first kappa shape index (κ1) is 23.7. The van der Waals surface area contributed by atoms with Crippen LogP contribution < -0.4 is 0 Å². The van der Waals surface area contributed by atoms with E-state index >= 15 is 0 Å². The summed E-state index contributed by atoms with van der Waals surface area (Å²) in [5.74, 6) is -0.907. The van der Waals surface area contributed by atoms with Crippen LogP contribution in [-0.4, -0.2) is 37.5 Å². The number of aliphatic hydroxyl groups is 1. The summed E-state index contributed by atoms with van der Waals surface area (Å²) < 4.78 is 34.0. The maximum Gasteiger partial charge on any atom is 0.474 e. The Labute approximate surface area is 178 Å². The van der Waals surface area contributed by atoms with Crippen LogP contribution >= 0.6 is 23.8 Å². The van der Waals surface area contributed by atoms with Crippen molar-refractivity contribution in [3.63, 3.8) is 0 Å². The molecule has 9 heteroatoms. The minimum Gasteiger partial charge on any atom is -0.464 e. The number of halogens is 1. The summed E-state index contributed by atoms with van der Waals surface area (Å²) in [5.41, 5.74) is -1.13. The van der Waals surface area contributed by atoms with Crippen molar-refractivity contribution in [1.82, 2.24) is 0 Å². The Morgan fingerprint density at radius 2 is 1.69 bits per heavy atom. The predicted octanol–water partition coefficient (Wildman–Crippen LogP) is 4.44. The van der Waals surface area contributed by atoms with Gasteiger partial charge in [-0.05, 0) is 30.2 Å². The van der Waals surface area contributed by atoms with Gasteiger partial charge in [0.2, 0.25) is 0 Å². The predicted molar refractivity (Wildman–Crippen MR) is 111 cm³/mol. The topological polar surface area (TPSA) is 91.3 Å². The maximum atomic E-state index is 12.9. The van der Waals surface area contributed by atoms with Crippen LogP contribution in [0.5, 0.6) is 0 Å². The molecule has 0 saturated carbocycles. The molecule has 0 saturated heterocycles. The second-order valence-corrected chi connectivity index (χ2v) is 8.91. The quantitative estimate of drug-likeness (QED) is 0.391. The lowest BCUT2D eigenvalue weighted by molar-refractivity contribution is -0.177. The van der Waals surface area contributed by atoms with E-state index in [9.17, 15) is 14.5 Å². The van der Waals surface area contributed by atoms with Crippen LogP contribution in [0.25, 0.3) is 0 Å². The van der Waals surface area contributed by atoms with Gasteiger partial charge in [0.05, 0.1) is 6.61 Å². The number of esters is 1. The Kier molecular flexibility index (Phi) is 8.58. The third-order valence-electron chi connectivity index (χ3n) is 4.23. The fourth-order valence-corrected chi connectivity index (χ4v) is 3.93. The summed E-state index contributed by atoms with van der Waals surface area (Å²) in [4.78, 5) is 12.9. The molecule has 158 valence electrons. The lowest BCUT2D eigenvalue weighted by atomic mass is 9.85. The fraction of sp³-hybridized carbons (Fsp3) is 0.350. The molecule has 0 aliphatic rings. The van der Waals surface area contributed by atoms with Crippen molar-refractivity contribution in [1.29, 1.82) is 0 Å². The van der Waals surface area contributed by atoms with Crippen molar-refractivity contribution in [2.45, 2.75) is 25.0 Å². The minimum atomic E-state index is -4.05. The number of benzene rings is 2. The lowest BCUT2D eigenvalue weighted by Gasteiger charge is -2.35. The van der Waals surface area contributed by atoms with Gasteiger partial charge in [0.15, 0.2) is 5.60 Å². The van der Waals surface area contributed by atoms with Gasteiger partial charge in [0.1, 0.15) is 6.10 Å². The van der Waals surface area contributed by atoms with E-state index in [1.807, 2.05) is 6.07 Å². The molecule has 0 fully saturated rings. The first-order chi connectivity index (χ1) is 13.8. The van der Waals surface area contributed by atoms with Crippen LogP contribution in [0, 0.1) is 0 Å². The Bertz CT molecular complexity index is 836.